The van der Waals surface area contributed by atoms with Gasteiger partial charge >= 0.3 is 0 Å². The van der Waals surface area contributed by atoms with E-state index >= 15 is 0 Å². The lowest BCUT2D eigenvalue weighted by molar-refractivity contribution is 0.102. The third-order valence-electron chi connectivity index (χ3n) is 5.02. The highest BCUT2D eigenvalue weighted by molar-refractivity contribution is 7.16. The minimum absolute atomic E-state index is 0.0623. The molecule has 1 N–H and O–H groups in total. The van der Waals surface area contributed by atoms with Gasteiger partial charge in [0.1, 0.15) is 11.1 Å². The Labute approximate surface area is 160 Å². The van der Waals surface area contributed by atoms with Gasteiger partial charge in [-0.25, -0.2) is 0 Å². The second kappa shape index (κ2) is 7.63. The predicted octanol–water partition coefficient (Wildman–Crippen LogP) is 5.83. The van der Waals surface area contributed by atoms with Crippen LogP contribution in [0.15, 0.2) is 24.3 Å². The number of hydrogen-bond acceptors (Lipinski definition) is 3. The van der Waals surface area contributed by atoms with E-state index in [2.05, 4.69) is 32.2 Å². The third-order valence-corrected chi connectivity index (χ3v) is 6.23. The SMILES string of the molecule is CC(C)(C)c1ccc(C(=O)Nc2sc3c(c2C#N)CCCCCC3)cc1. The molecular weight excluding hydrogens is 340 g/mol. The number of rotatable bonds is 2. The number of nitrogens with one attached hydrogen (secondary N) is 1. The summed E-state index contributed by atoms with van der Waals surface area (Å²) in [7, 11) is 0. The number of anilines is 1. The maximum atomic E-state index is 12.7. The van der Waals surface area contributed by atoms with Crippen molar-refractivity contribution in [3.05, 3.63) is 51.4 Å². The van der Waals surface area contributed by atoms with Crippen molar-refractivity contribution in [3.63, 3.8) is 0 Å². The van der Waals surface area contributed by atoms with E-state index < -0.39 is 0 Å². The Kier molecular flexibility index (Phi) is 5.48. The van der Waals surface area contributed by atoms with Crippen molar-refractivity contribution in [2.45, 2.75) is 64.7 Å². The quantitative estimate of drug-likeness (QED) is 0.727. The zero-order valence-electron chi connectivity index (χ0n) is 15.8. The lowest BCUT2D eigenvalue weighted by atomic mass is 9.87. The summed E-state index contributed by atoms with van der Waals surface area (Å²) < 4.78 is 0. The summed E-state index contributed by atoms with van der Waals surface area (Å²) >= 11 is 1.59. The standard InChI is InChI=1S/C22H26N2OS/c1-22(2,3)16-12-10-15(11-13-16)20(25)24-21-18(14-23)17-8-6-4-5-7-9-19(17)26-21/h10-13H,4-9H2,1-3H3,(H,24,25). The molecule has 0 saturated heterocycles. The van der Waals surface area contributed by atoms with Gasteiger partial charge in [-0.3, -0.25) is 4.79 Å². The lowest BCUT2D eigenvalue weighted by Crippen LogP contribution is -2.14. The molecule has 2 aromatic rings. The number of nitriles is 1. The van der Waals surface area contributed by atoms with Gasteiger partial charge in [0.25, 0.3) is 5.91 Å². The largest absolute Gasteiger partial charge is 0.312 e. The van der Waals surface area contributed by atoms with Gasteiger partial charge in [0, 0.05) is 10.4 Å². The summed E-state index contributed by atoms with van der Waals surface area (Å²) in [6.07, 6.45) is 6.73. The fourth-order valence-corrected chi connectivity index (χ4v) is 4.66. The Morgan fingerprint density at radius 1 is 1.08 bits per heavy atom. The maximum absolute atomic E-state index is 12.7. The first-order valence-electron chi connectivity index (χ1n) is 9.36. The highest BCUT2D eigenvalue weighted by Crippen LogP contribution is 2.36. The Balaban J connectivity index is 1.83. The van der Waals surface area contributed by atoms with E-state index in [1.54, 1.807) is 11.3 Å². The van der Waals surface area contributed by atoms with Gasteiger partial charge in [0.05, 0.1) is 5.56 Å². The molecule has 0 radical (unpaired) electrons. The summed E-state index contributed by atoms with van der Waals surface area (Å²) in [5.41, 5.74) is 3.72. The fraction of sp³-hybridized carbons (Fsp3) is 0.455. The molecule has 0 unspecified atom stereocenters. The normalized spacial score (nSPS) is 14.7. The average molecular weight is 367 g/mol. The molecule has 26 heavy (non-hydrogen) atoms. The molecular formula is C22H26N2OS. The third kappa shape index (κ3) is 3.99. The molecule has 136 valence electrons. The molecule has 0 bridgehead atoms. The Bertz CT molecular complexity index is 835. The molecule has 0 fully saturated rings. The van der Waals surface area contributed by atoms with Crippen LogP contribution in [0.4, 0.5) is 5.00 Å². The van der Waals surface area contributed by atoms with Gasteiger partial charge in [0.2, 0.25) is 0 Å². The van der Waals surface area contributed by atoms with Crippen LogP contribution >= 0.6 is 11.3 Å². The van der Waals surface area contributed by atoms with Crippen molar-refractivity contribution in [3.8, 4) is 6.07 Å². The molecule has 1 aliphatic rings. The van der Waals surface area contributed by atoms with Gasteiger partial charge in [-0.15, -0.1) is 11.3 Å². The zero-order chi connectivity index (χ0) is 18.7. The number of aryl methyl sites for hydroxylation is 1. The van der Waals surface area contributed by atoms with Crippen LogP contribution in [0.2, 0.25) is 0 Å². The van der Waals surface area contributed by atoms with E-state index in [9.17, 15) is 10.1 Å². The van der Waals surface area contributed by atoms with Crippen molar-refractivity contribution >= 4 is 22.2 Å². The van der Waals surface area contributed by atoms with Crippen LogP contribution in [-0.4, -0.2) is 5.91 Å². The molecule has 1 aliphatic carbocycles. The highest BCUT2D eigenvalue weighted by Gasteiger charge is 2.21. The number of nitrogens with zero attached hydrogens (tertiary/aromatic N) is 1. The van der Waals surface area contributed by atoms with Crippen molar-refractivity contribution in [1.29, 1.82) is 5.26 Å². The first kappa shape index (κ1) is 18.7. The second-order valence-electron chi connectivity index (χ2n) is 8.02. The first-order valence-corrected chi connectivity index (χ1v) is 10.2. The van der Waals surface area contributed by atoms with Crippen molar-refractivity contribution in [1.82, 2.24) is 0 Å². The van der Waals surface area contributed by atoms with E-state index in [-0.39, 0.29) is 11.3 Å². The number of fused-ring (bicyclic) bond motifs is 1. The van der Waals surface area contributed by atoms with Crippen LogP contribution in [0.3, 0.4) is 0 Å². The van der Waals surface area contributed by atoms with Gasteiger partial charge < -0.3 is 5.32 Å². The smallest absolute Gasteiger partial charge is 0.256 e. The van der Waals surface area contributed by atoms with Gasteiger partial charge in [-0.1, -0.05) is 45.7 Å². The zero-order valence-corrected chi connectivity index (χ0v) is 16.6. The van der Waals surface area contributed by atoms with Crippen LogP contribution in [0, 0.1) is 11.3 Å². The van der Waals surface area contributed by atoms with Crippen LogP contribution in [-0.2, 0) is 18.3 Å². The van der Waals surface area contributed by atoms with E-state index in [1.807, 2.05) is 24.3 Å². The molecule has 1 aromatic heterocycles. The molecule has 1 aromatic carbocycles. The molecule has 0 spiro atoms. The summed E-state index contributed by atoms with van der Waals surface area (Å²) in [4.78, 5) is 14.0. The molecule has 0 aliphatic heterocycles. The summed E-state index contributed by atoms with van der Waals surface area (Å²) in [6, 6.07) is 10.1. The second-order valence-corrected chi connectivity index (χ2v) is 9.12. The average Bonchev–Trinajstić information content (AvgIpc) is 2.89. The van der Waals surface area contributed by atoms with Crippen molar-refractivity contribution < 1.29 is 4.79 Å². The van der Waals surface area contributed by atoms with Gasteiger partial charge in [0.15, 0.2) is 0 Å². The summed E-state index contributed by atoms with van der Waals surface area (Å²) in [5, 5.41) is 13.3. The van der Waals surface area contributed by atoms with Gasteiger partial charge in [-0.05, 0) is 54.4 Å². The lowest BCUT2D eigenvalue weighted by Gasteiger charge is -2.19. The Morgan fingerprint density at radius 3 is 2.35 bits per heavy atom. The summed E-state index contributed by atoms with van der Waals surface area (Å²) in [6.45, 7) is 6.47. The first-order chi connectivity index (χ1) is 12.4. The minimum Gasteiger partial charge on any atom is -0.312 e. The predicted molar refractivity (Wildman–Crippen MR) is 108 cm³/mol. The number of thiophene rings is 1. The molecule has 0 saturated carbocycles. The monoisotopic (exact) mass is 366 g/mol. The Morgan fingerprint density at radius 2 is 1.73 bits per heavy atom. The van der Waals surface area contributed by atoms with Crippen molar-refractivity contribution in [2.75, 3.05) is 5.32 Å². The number of amides is 1. The number of carbonyl (C=O) groups is 1. The van der Waals surface area contributed by atoms with E-state index in [0.717, 1.165) is 24.8 Å². The van der Waals surface area contributed by atoms with Crippen molar-refractivity contribution in [2.24, 2.45) is 0 Å². The molecule has 3 nitrogen and oxygen atoms in total. The number of carbonyl (C=O) groups excluding carboxylic acids is 1. The topological polar surface area (TPSA) is 52.9 Å². The molecule has 1 amide bonds. The molecule has 4 heteroatoms. The molecule has 3 rings (SSSR count). The minimum atomic E-state index is -0.142. The fourth-order valence-electron chi connectivity index (χ4n) is 3.42. The van der Waals surface area contributed by atoms with E-state index in [1.165, 1.54) is 29.7 Å². The van der Waals surface area contributed by atoms with Gasteiger partial charge in [-0.2, -0.15) is 5.26 Å². The maximum Gasteiger partial charge on any atom is 0.256 e. The summed E-state index contributed by atoms with van der Waals surface area (Å²) in [5.74, 6) is -0.142. The number of benzene rings is 1. The van der Waals surface area contributed by atoms with Crippen LogP contribution in [0.25, 0.3) is 0 Å². The van der Waals surface area contributed by atoms with Crippen LogP contribution in [0.1, 0.15) is 78.4 Å². The molecule has 0 atom stereocenters. The van der Waals surface area contributed by atoms with Crippen LogP contribution < -0.4 is 5.32 Å². The van der Waals surface area contributed by atoms with E-state index in [0.29, 0.717) is 16.1 Å². The molecule has 1 heterocycles. The Hall–Kier alpha value is -2.12. The van der Waals surface area contributed by atoms with E-state index in [4.69, 9.17) is 0 Å². The highest BCUT2D eigenvalue weighted by atomic mass is 32.1. The van der Waals surface area contributed by atoms with Crippen LogP contribution in [0.5, 0.6) is 0 Å². The number of hydrogen-bond donors (Lipinski definition) is 1.